The van der Waals surface area contributed by atoms with Gasteiger partial charge in [0.25, 0.3) is 0 Å². The van der Waals surface area contributed by atoms with Crippen LogP contribution in [0, 0.1) is 0 Å². The van der Waals surface area contributed by atoms with Crippen molar-refractivity contribution in [1.29, 1.82) is 0 Å². The zero-order valence-corrected chi connectivity index (χ0v) is 10.8. The van der Waals surface area contributed by atoms with Gasteiger partial charge in [0.05, 0.1) is 12.3 Å². The number of rotatable bonds is 8. The van der Waals surface area contributed by atoms with Gasteiger partial charge in [-0.1, -0.05) is 6.92 Å². The van der Waals surface area contributed by atoms with Crippen LogP contribution in [0.5, 0.6) is 0 Å². The van der Waals surface area contributed by atoms with Crippen LogP contribution in [-0.2, 0) is 7.05 Å². The third-order valence-corrected chi connectivity index (χ3v) is 3.28. The van der Waals surface area contributed by atoms with Gasteiger partial charge in [0.1, 0.15) is 0 Å². The molecule has 0 saturated carbocycles. The first kappa shape index (κ1) is 13.5. The van der Waals surface area contributed by atoms with E-state index in [0.29, 0.717) is 6.54 Å². The van der Waals surface area contributed by atoms with Crippen molar-refractivity contribution >= 4 is 11.8 Å². The van der Waals surface area contributed by atoms with Crippen LogP contribution in [0.4, 0.5) is 0 Å². The van der Waals surface area contributed by atoms with E-state index in [1.54, 1.807) is 10.9 Å². The van der Waals surface area contributed by atoms with Gasteiger partial charge >= 0.3 is 0 Å². The first-order valence-corrected chi connectivity index (χ1v) is 6.84. The Morgan fingerprint density at radius 2 is 2.44 bits per heavy atom. The Morgan fingerprint density at radius 3 is 3.06 bits per heavy atom. The third kappa shape index (κ3) is 5.01. The molecule has 0 fully saturated rings. The molecule has 0 saturated heterocycles. The molecule has 1 aromatic heterocycles. The average Bonchev–Trinajstić information content (AvgIpc) is 2.70. The fourth-order valence-electron chi connectivity index (χ4n) is 1.41. The zero-order chi connectivity index (χ0) is 11.8. The minimum absolute atomic E-state index is 0.451. The van der Waals surface area contributed by atoms with Crippen molar-refractivity contribution in [2.45, 2.75) is 19.4 Å². The van der Waals surface area contributed by atoms with E-state index in [1.165, 1.54) is 11.5 Å². The maximum absolute atomic E-state index is 9.82. The van der Waals surface area contributed by atoms with Crippen LogP contribution in [-0.4, -0.2) is 39.5 Å². The lowest BCUT2D eigenvalue weighted by molar-refractivity contribution is 0.175. The van der Waals surface area contributed by atoms with E-state index in [2.05, 4.69) is 17.3 Å². The first-order valence-electron chi connectivity index (χ1n) is 5.69. The molecule has 0 bridgehead atoms. The van der Waals surface area contributed by atoms with Gasteiger partial charge in [-0.25, -0.2) is 0 Å². The standard InChI is InChI=1S/C11H21N3OS/c1-3-16-6-4-5-12-8-11(15)10-7-13-14(2)9-10/h7,9,11-12,15H,3-6,8H2,1-2H3. The summed E-state index contributed by atoms with van der Waals surface area (Å²) in [6, 6.07) is 0. The summed E-state index contributed by atoms with van der Waals surface area (Å²) in [4.78, 5) is 0. The normalized spacial score (nSPS) is 12.9. The Balaban J connectivity index is 2.09. The van der Waals surface area contributed by atoms with Crippen LogP contribution >= 0.6 is 11.8 Å². The number of aliphatic hydroxyl groups excluding tert-OH is 1. The summed E-state index contributed by atoms with van der Waals surface area (Å²) in [6.45, 7) is 3.73. The number of thioether (sulfide) groups is 1. The van der Waals surface area contributed by atoms with Crippen molar-refractivity contribution in [3.63, 3.8) is 0 Å². The van der Waals surface area contributed by atoms with Crippen molar-refractivity contribution in [3.8, 4) is 0 Å². The Hall–Kier alpha value is -0.520. The summed E-state index contributed by atoms with van der Waals surface area (Å²) in [5, 5.41) is 17.1. The van der Waals surface area contributed by atoms with Gasteiger partial charge in [-0.2, -0.15) is 16.9 Å². The molecule has 1 atom stereocenters. The van der Waals surface area contributed by atoms with E-state index >= 15 is 0 Å². The fraction of sp³-hybridized carbons (Fsp3) is 0.727. The van der Waals surface area contributed by atoms with E-state index < -0.39 is 6.10 Å². The SMILES string of the molecule is CCSCCCNCC(O)c1cnn(C)c1. The van der Waals surface area contributed by atoms with Gasteiger partial charge in [0, 0.05) is 25.4 Å². The lowest BCUT2D eigenvalue weighted by atomic mass is 10.2. The zero-order valence-electron chi connectivity index (χ0n) is 10.0. The Labute approximate surface area is 101 Å². The van der Waals surface area contributed by atoms with E-state index in [0.717, 1.165) is 18.5 Å². The number of hydrogen-bond acceptors (Lipinski definition) is 4. The number of aliphatic hydroxyl groups is 1. The van der Waals surface area contributed by atoms with Gasteiger partial charge in [-0.15, -0.1) is 0 Å². The molecule has 0 aliphatic rings. The van der Waals surface area contributed by atoms with Crippen LogP contribution in [0.2, 0.25) is 0 Å². The summed E-state index contributed by atoms with van der Waals surface area (Å²) < 4.78 is 1.70. The molecule has 0 amide bonds. The molecule has 1 aromatic rings. The third-order valence-electron chi connectivity index (χ3n) is 2.29. The van der Waals surface area contributed by atoms with Crippen LogP contribution in [0.1, 0.15) is 25.0 Å². The van der Waals surface area contributed by atoms with Crippen molar-refractivity contribution in [1.82, 2.24) is 15.1 Å². The maximum atomic E-state index is 9.82. The molecule has 1 heterocycles. The minimum atomic E-state index is -0.451. The monoisotopic (exact) mass is 243 g/mol. The molecule has 16 heavy (non-hydrogen) atoms. The van der Waals surface area contributed by atoms with Gasteiger partial charge in [-0.05, 0) is 24.5 Å². The quantitative estimate of drug-likeness (QED) is 0.673. The molecule has 92 valence electrons. The highest BCUT2D eigenvalue weighted by atomic mass is 32.2. The molecule has 1 unspecified atom stereocenters. The Bertz CT molecular complexity index is 291. The molecule has 0 aliphatic carbocycles. The molecular weight excluding hydrogens is 222 g/mol. The second-order valence-corrected chi connectivity index (χ2v) is 5.11. The van der Waals surface area contributed by atoms with E-state index in [4.69, 9.17) is 0 Å². The molecule has 2 N–H and O–H groups in total. The smallest absolute Gasteiger partial charge is 0.0944 e. The molecular formula is C11H21N3OS. The Kier molecular flexibility index (Phi) is 6.52. The van der Waals surface area contributed by atoms with Gasteiger partial charge in [-0.3, -0.25) is 4.68 Å². The largest absolute Gasteiger partial charge is 0.387 e. The van der Waals surface area contributed by atoms with Crippen molar-refractivity contribution in [2.24, 2.45) is 7.05 Å². The lowest BCUT2D eigenvalue weighted by Crippen LogP contribution is -2.22. The summed E-state index contributed by atoms with van der Waals surface area (Å²) in [6.07, 6.45) is 4.25. The number of nitrogens with zero attached hydrogens (tertiary/aromatic N) is 2. The topological polar surface area (TPSA) is 50.1 Å². The van der Waals surface area contributed by atoms with Gasteiger partial charge < -0.3 is 10.4 Å². The van der Waals surface area contributed by atoms with Crippen LogP contribution in [0.25, 0.3) is 0 Å². The highest BCUT2D eigenvalue weighted by Crippen LogP contribution is 2.09. The van der Waals surface area contributed by atoms with Crippen LogP contribution < -0.4 is 5.32 Å². The van der Waals surface area contributed by atoms with Gasteiger partial charge in [0.2, 0.25) is 0 Å². The van der Waals surface area contributed by atoms with E-state index in [-0.39, 0.29) is 0 Å². The Morgan fingerprint density at radius 1 is 1.62 bits per heavy atom. The van der Waals surface area contributed by atoms with E-state index in [9.17, 15) is 5.11 Å². The molecule has 0 aromatic carbocycles. The fourth-order valence-corrected chi connectivity index (χ4v) is 2.05. The summed E-state index contributed by atoms with van der Waals surface area (Å²) in [5.74, 6) is 2.37. The number of aryl methyl sites for hydroxylation is 1. The van der Waals surface area contributed by atoms with Crippen LogP contribution in [0.15, 0.2) is 12.4 Å². The summed E-state index contributed by atoms with van der Waals surface area (Å²) in [5.41, 5.74) is 0.873. The molecule has 1 rings (SSSR count). The molecule has 0 spiro atoms. The molecule has 0 radical (unpaired) electrons. The number of hydrogen-bond donors (Lipinski definition) is 2. The second kappa shape index (κ2) is 7.70. The van der Waals surface area contributed by atoms with Crippen molar-refractivity contribution in [3.05, 3.63) is 18.0 Å². The lowest BCUT2D eigenvalue weighted by Gasteiger charge is -2.09. The number of nitrogens with one attached hydrogen (secondary N) is 1. The van der Waals surface area contributed by atoms with Gasteiger partial charge in [0.15, 0.2) is 0 Å². The maximum Gasteiger partial charge on any atom is 0.0944 e. The molecule has 0 aliphatic heterocycles. The van der Waals surface area contributed by atoms with Crippen LogP contribution in [0.3, 0.4) is 0 Å². The second-order valence-electron chi connectivity index (χ2n) is 3.72. The molecule has 4 nitrogen and oxygen atoms in total. The minimum Gasteiger partial charge on any atom is -0.387 e. The summed E-state index contributed by atoms with van der Waals surface area (Å²) in [7, 11) is 1.85. The predicted octanol–water partition coefficient (Wildman–Crippen LogP) is 1.19. The highest BCUT2D eigenvalue weighted by molar-refractivity contribution is 7.99. The predicted molar refractivity (Wildman–Crippen MR) is 68.7 cm³/mol. The van der Waals surface area contributed by atoms with Crippen molar-refractivity contribution in [2.75, 3.05) is 24.6 Å². The van der Waals surface area contributed by atoms with E-state index in [1.807, 2.05) is 25.0 Å². The average molecular weight is 243 g/mol. The highest BCUT2D eigenvalue weighted by Gasteiger charge is 2.08. The van der Waals surface area contributed by atoms with Crippen molar-refractivity contribution < 1.29 is 5.11 Å². The summed E-state index contributed by atoms with van der Waals surface area (Å²) >= 11 is 1.95. The first-order chi connectivity index (χ1) is 7.74. The number of aromatic nitrogens is 2. The molecule has 5 heteroatoms.